The lowest BCUT2D eigenvalue weighted by atomic mass is 10.0. The Kier molecular flexibility index (Phi) is 3.42. The lowest BCUT2D eigenvalue weighted by Crippen LogP contribution is -2.24. The summed E-state index contributed by atoms with van der Waals surface area (Å²) in [5, 5.41) is 28.1. The molecule has 1 aromatic carbocycles. The zero-order valence-electron chi connectivity index (χ0n) is 9.11. The fourth-order valence-electron chi connectivity index (χ4n) is 1.97. The molecule has 0 bridgehead atoms. The molecule has 92 valence electrons. The molecule has 1 aliphatic rings. The lowest BCUT2D eigenvalue weighted by Gasteiger charge is -2.12. The number of ether oxygens (including phenoxy) is 1. The molecule has 1 aromatic rings. The van der Waals surface area contributed by atoms with E-state index in [9.17, 15) is 15.0 Å². The van der Waals surface area contributed by atoms with Gasteiger partial charge in [0.15, 0.2) is 6.29 Å². The summed E-state index contributed by atoms with van der Waals surface area (Å²) in [6, 6.07) is 4.61. The van der Waals surface area contributed by atoms with Crippen LogP contribution in [0.1, 0.15) is 28.4 Å². The second-order valence-corrected chi connectivity index (χ2v) is 4.08. The molecule has 0 amide bonds. The Bertz CT molecular complexity index is 417. The van der Waals surface area contributed by atoms with Gasteiger partial charge in [-0.2, -0.15) is 0 Å². The van der Waals surface area contributed by atoms with Crippen molar-refractivity contribution in [1.82, 2.24) is 0 Å². The molecule has 0 aromatic heterocycles. The Morgan fingerprint density at radius 3 is 2.76 bits per heavy atom. The molecule has 2 rings (SSSR count). The third kappa shape index (κ3) is 2.31. The standard InChI is InChI=1S/C12H14O5/c13-5-8-2-1-7(3-9(8)15)11-4-10(16)12(6-14)17-11/h1-3,5,10-12,14-16H,4,6H2/t10-,11+,12+/m0/s1. The molecule has 0 unspecified atom stereocenters. The van der Waals surface area contributed by atoms with Crippen LogP contribution in [0.3, 0.4) is 0 Å². The first kappa shape index (κ1) is 12.0. The van der Waals surface area contributed by atoms with Crippen LogP contribution in [-0.4, -0.2) is 40.4 Å². The van der Waals surface area contributed by atoms with Crippen LogP contribution in [0.4, 0.5) is 0 Å². The highest BCUT2D eigenvalue weighted by Crippen LogP contribution is 2.34. The predicted octanol–water partition coefficient (Wildman–Crippen LogP) is 0.388. The number of carbonyl (C=O) groups excluding carboxylic acids is 1. The van der Waals surface area contributed by atoms with Gasteiger partial charge < -0.3 is 20.1 Å². The number of aliphatic hydroxyl groups excluding tert-OH is 2. The van der Waals surface area contributed by atoms with Crippen molar-refractivity contribution in [1.29, 1.82) is 0 Å². The molecule has 5 nitrogen and oxygen atoms in total. The molecule has 0 radical (unpaired) electrons. The zero-order chi connectivity index (χ0) is 12.4. The zero-order valence-corrected chi connectivity index (χ0v) is 9.11. The van der Waals surface area contributed by atoms with Crippen molar-refractivity contribution in [2.45, 2.75) is 24.7 Å². The van der Waals surface area contributed by atoms with Gasteiger partial charge in [-0.15, -0.1) is 0 Å². The van der Waals surface area contributed by atoms with Gasteiger partial charge in [0.2, 0.25) is 0 Å². The predicted molar refractivity (Wildman–Crippen MR) is 58.8 cm³/mol. The van der Waals surface area contributed by atoms with Gasteiger partial charge in [0, 0.05) is 6.42 Å². The van der Waals surface area contributed by atoms with E-state index in [1.165, 1.54) is 12.1 Å². The van der Waals surface area contributed by atoms with Gasteiger partial charge in [0.05, 0.1) is 24.4 Å². The number of aldehydes is 1. The van der Waals surface area contributed by atoms with Gasteiger partial charge in [-0.25, -0.2) is 0 Å². The molecule has 0 aliphatic carbocycles. The minimum absolute atomic E-state index is 0.108. The van der Waals surface area contributed by atoms with Gasteiger partial charge in [-0.1, -0.05) is 6.07 Å². The summed E-state index contributed by atoms with van der Waals surface area (Å²) >= 11 is 0. The second kappa shape index (κ2) is 4.83. The van der Waals surface area contributed by atoms with Crippen molar-refractivity contribution in [3.8, 4) is 5.75 Å². The number of aromatic hydroxyl groups is 1. The molecule has 0 spiro atoms. The normalized spacial score (nSPS) is 28.2. The van der Waals surface area contributed by atoms with E-state index in [2.05, 4.69) is 0 Å². The Morgan fingerprint density at radius 2 is 2.24 bits per heavy atom. The molecular weight excluding hydrogens is 224 g/mol. The first-order valence-electron chi connectivity index (χ1n) is 5.38. The van der Waals surface area contributed by atoms with Crippen LogP contribution in [0, 0.1) is 0 Å². The van der Waals surface area contributed by atoms with Gasteiger partial charge in [-0.05, 0) is 17.7 Å². The molecular formula is C12H14O5. The number of carbonyl (C=O) groups is 1. The molecule has 1 aliphatic heterocycles. The van der Waals surface area contributed by atoms with Crippen LogP contribution < -0.4 is 0 Å². The summed E-state index contributed by atoms with van der Waals surface area (Å²) in [6.45, 7) is -0.240. The summed E-state index contributed by atoms with van der Waals surface area (Å²) in [4.78, 5) is 10.5. The first-order valence-corrected chi connectivity index (χ1v) is 5.38. The average Bonchev–Trinajstić information content (AvgIpc) is 2.70. The summed E-state index contributed by atoms with van der Waals surface area (Å²) < 4.78 is 5.44. The van der Waals surface area contributed by atoms with E-state index in [1.54, 1.807) is 6.07 Å². The molecule has 3 N–H and O–H groups in total. The molecule has 3 atom stereocenters. The minimum atomic E-state index is -0.710. The summed E-state index contributed by atoms with van der Waals surface area (Å²) in [7, 11) is 0. The van der Waals surface area contributed by atoms with Crippen LogP contribution in [-0.2, 0) is 4.74 Å². The Morgan fingerprint density at radius 1 is 1.47 bits per heavy atom. The highest BCUT2D eigenvalue weighted by molar-refractivity contribution is 5.79. The monoisotopic (exact) mass is 238 g/mol. The Hall–Kier alpha value is -1.43. The van der Waals surface area contributed by atoms with Crippen molar-refractivity contribution < 1.29 is 24.9 Å². The van der Waals surface area contributed by atoms with E-state index >= 15 is 0 Å². The molecule has 0 saturated carbocycles. The maximum Gasteiger partial charge on any atom is 0.153 e. The number of phenols is 1. The van der Waals surface area contributed by atoms with Crippen LogP contribution in [0.25, 0.3) is 0 Å². The molecule has 1 fully saturated rings. The van der Waals surface area contributed by atoms with E-state index in [4.69, 9.17) is 9.84 Å². The van der Waals surface area contributed by atoms with Crippen molar-refractivity contribution in [3.63, 3.8) is 0 Å². The number of benzene rings is 1. The largest absolute Gasteiger partial charge is 0.507 e. The first-order chi connectivity index (χ1) is 8.15. The third-order valence-corrected chi connectivity index (χ3v) is 2.96. The van der Waals surface area contributed by atoms with Crippen molar-refractivity contribution in [2.75, 3.05) is 6.61 Å². The molecule has 17 heavy (non-hydrogen) atoms. The number of aliphatic hydroxyl groups is 2. The number of rotatable bonds is 3. The fraction of sp³-hybridized carbons (Fsp3) is 0.417. The van der Waals surface area contributed by atoms with E-state index in [0.29, 0.717) is 18.3 Å². The highest BCUT2D eigenvalue weighted by atomic mass is 16.5. The van der Waals surface area contributed by atoms with E-state index < -0.39 is 12.2 Å². The Labute approximate surface area is 98.3 Å². The maximum atomic E-state index is 10.5. The van der Waals surface area contributed by atoms with Gasteiger partial charge in [0.1, 0.15) is 11.9 Å². The van der Waals surface area contributed by atoms with Crippen LogP contribution >= 0.6 is 0 Å². The Balaban J connectivity index is 2.19. The summed E-state index contributed by atoms with van der Waals surface area (Å²) in [6.07, 6.45) is -0.731. The van der Waals surface area contributed by atoms with Crippen molar-refractivity contribution in [2.24, 2.45) is 0 Å². The number of hydrogen-bond acceptors (Lipinski definition) is 5. The number of phenolic OH excluding ortho intramolecular Hbond substituents is 1. The molecule has 1 heterocycles. The van der Waals surface area contributed by atoms with E-state index in [0.717, 1.165) is 0 Å². The van der Waals surface area contributed by atoms with Crippen LogP contribution in [0.2, 0.25) is 0 Å². The smallest absolute Gasteiger partial charge is 0.153 e. The molecule has 5 heteroatoms. The van der Waals surface area contributed by atoms with Crippen LogP contribution in [0.5, 0.6) is 5.75 Å². The summed E-state index contributed by atoms with van der Waals surface area (Å²) in [5.74, 6) is -0.108. The maximum absolute atomic E-state index is 10.5. The quantitative estimate of drug-likeness (QED) is 0.663. The topological polar surface area (TPSA) is 87.0 Å². The van der Waals surface area contributed by atoms with E-state index in [-0.39, 0.29) is 24.0 Å². The minimum Gasteiger partial charge on any atom is -0.507 e. The van der Waals surface area contributed by atoms with Gasteiger partial charge in [0.25, 0.3) is 0 Å². The van der Waals surface area contributed by atoms with Crippen LogP contribution in [0.15, 0.2) is 18.2 Å². The van der Waals surface area contributed by atoms with Crippen molar-refractivity contribution in [3.05, 3.63) is 29.3 Å². The highest BCUT2D eigenvalue weighted by Gasteiger charge is 2.34. The van der Waals surface area contributed by atoms with Gasteiger partial charge in [-0.3, -0.25) is 4.79 Å². The second-order valence-electron chi connectivity index (χ2n) is 4.08. The lowest BCUT2D eigenvalue weighted by molar-refractivity contribution is -0.0225. The van der Waals surface area contributed by atoms with Gasteiger partial charge >= 0.3 is 0 Å². The number of hydrogen-bond donors (Lipinski definition) is 3. The third-order valence-electron chi connectivity index (χ3n) is 2.96. The summed E-state index contributed by atoms with van der Waals surface area (Å²) in [5.41, 5.74) is 0.897. The fourth-order valence-corrected chi connectivity index (χ4v) is 1.97. The van der Waals surface area contributed by atoms with Crippen molar-refractivity contribution >= 4 is 6.29 Å². The molecule has 1 saturated heterocycles. The average molecular weight is 238 g/mol. The SMILES string of the molecule is O=Cc1ccc([C@H]2C[C@H](O)[C@@H](CO)O2)cc1O. The van der Waals surface area contributed by atoms with E-state index in [1.807, 2.05) is 0 Å².